The van der Waals surface area contributed by atoms with Crippen molar-refractivity contribution in [2.75, 3.05) is 0 Å². The number of aliphatic hydroxyl groups excluding tert-OH is 1. The van der Waals surface area contributed by atoms with Gasteiger partial charge < -0.3 is 15.3 Å². The van der Waals surface area contributed by atoms with Gasteiger partial charge in [-0.05, 0) is 74.5 Å². The van der Waals surface area contributed by atoms with Gasteiger partial charge in [0.1, 0.15) is 11.5 Å². The fraction of sp³-hybridized carbons (Fsp3) is 0.606. The van der Waals surface area contributed by atoms with Crippen LogP contribution >= 0.6 is 0 Å². The first kappa shape index (κ1) is 27.8. The lowest BCUT2D eigenvalue weighted by atomic mass is 9.46. The van der Waals surface area contributed by atoms with Gasteiger partial charge in [-0.1, -0.05) is 65.0 Å². The van der Waals surface area contributed by atoms with Crippen molar-refractivity contribution in [1.82, 2.24) is 0 Å². The van der Waals surface area contributed by atoms with Gasteiger partial charge in [0.25, 0.3) is 0 Å². The molecule has 2 saturated carbocycles. The Bertz CT molecular complexity index is 1360. The minimum absolute atomic E-state index is 0.0104. The zero-order valence-electron chi connectivity index (χ0n) is 24.2. The lowest BCUT2D eigenvalue weighted by Gasteiger charge is -2.56. The predicted octanol–water partition coefficient (Wildman–Crippen LogP) is 6.06. The molecule has 0 radical (unpaired) electrons. The van der Waals surface area contributed by atoms with Gasteiger partial charge in [-0.2, -0.15) is 0 Å². The third-order valence-corrected chi connectivity index (χ3v) is 10.3. The van der Waals surface area contributed by atoms with Crippen LogP contribution in [-0.2, 0) is 27.2 Å². The average Bonchev–Trinajstić information content (AvgIpc) is 3.34. The molecule has 0 saturated heterocycles. The van der Waals surface area contributed by atoms with Crippen LogP contribution in [0, 0.1) is 16.7 Å². The molecule has 6 heteroatoms. The third-order valence-electron chi connectivity index (χ3n) is 10.3. The number of allylic oxidation sites excluding steroid dienone is 1. The zero-order chi connectivity index (χ0) is 28.7. The van der Waals surface area contributed by atoms with E-state index in [1.54, 1.807) is 13.8 Å². The third kappa shape index (κ3) is 3.88. The highest BCUT2D eigenvalue weighted by atomic mass is 16.3. The number of phenols is 1. The maximum absolute atomic E-state index is 14.2. The molecule has 0 bridgehead atoms. The Morgan fingerprint density at radius 1 is 1.08 bits per heavy atom. The summed E-state index contributed by atoms with van der Waals surface area (Å²) in [6, 6.07) is 2.08. The number of aryl methyl sites for hydroxylation is 1. The molecule has 210 valence electrons. The topological polar surface area (TPSA) is 112 Å². The van der Waals surface area contributed by atoms with E-state index in [0.717, 1.165) is 23.1 Å². The summed E-state index contributed by atoms with van der Waals surface area (Å²) in [5.41, 5.74) is -1.10. The van der Waals surface area contributed by atoms with E-state index in [-0.39, 0.29) is 47.0 Å². The van der Waals surface area contributed by atoms with E-state index in [0.29, 0.717) is 24.3 Å². The maximum Gasteiger partial charge on any atom is 0.206 e. The molecule has 0 spiro atoms. The number of aliphatic hydroxyl groups is 2. The second-order valence-corrected chi connectivity index (χ2v) is 13.6. The number of hydrogen-bond acceptors (Lipinski definition) is 6. The van der Waals surface area contributed by atoms with Crippen molar-refractivity contribution in [2.24, 2.45) is 16.7 Å². The zero-order valence-corrected chi connectivity index (χ0v) is 24.2. The van der Waals surface area contributed by atoms with E-state index in [1.165, 1.54) is 32.6 Å². The summed E-state index contributed by atoms with van der Waals surface area (Å²) in [4.78, 5) is 40.3. The van der Waals surface area contributed by atoms with Crippen molar-refractivity contribution in [3.8, 4) is 5.75 Å². The lowest BCUT2D eigenvalue weighted by molar-refractivity contribution is -0.171. The van der Waals surface area contributed by atoms with Crippen LogP contribution in [0.2, 0.25) is 0 Å². The van der Waals surface area contributed by atoms with Crippen molar-refractivity contribution >= 4 is 23.1 Å². The van der Waals surface area contributed by atoms with Gasteiger partial charge in [-0.15, -0.1) is 0 Å². The van der Waals surface area contributed by atoms with Crippen LogP contribution < -0.4 is 0 Å². The van der Waals surface area contributed by atoms with Crippen molar-refractivity contribution in [2.45, 2.75) is 111 Å². The molecular weight excluding hydrogens is 492 g/mol. The normalized spacial score (nSPS) is 31.1. The number of benzene rings is 1. The largest absolute Gasteiger partial charge is 0.507 e. The number of phenolic OH excluding ortho intramolecular Hbond substituents is 1. The number of carbonyl (C=O) groups is 3. The number of fused-ring (bicyclic) bond motifs is 3. The van der Waals surface area contributed by atoms with Crippen LogP contribution in [0.15, 0.2) is 22.8 Å². The van der Waals surface area contributed by atoms with E-state index in [9.17, 15) is 29.7 Å². The Balaban J connectivity index is 1.68. The molecule has 39 heavy (non-hydrogen) atoms. The van der Waals surface area contributed by atoms with E-state index < -0.39 is 33.8 Å². The van der Waals surface area contributed by atoms with Crippen LogP contribution in [0.3, 0.4) is 0 Å². The summed E-state index contributed by atoms with van der Waals surface area (Å²) in [5, 5.41) is 35.2. The summed E-state index contributed by atoms with van der Waals surface area (Å²) >= 11 is 0. The predicted molar refractivity (Wildman–Crippen MR) is 150 cm³/mol. The number of carbonyl (C=O) groups excluding carboxylic acids is 3. The molecule has 4 aliphatic carbocycles. The fourth-order valence-electron chi connectivity index (χ4n) is 8.54. The van der Waals surface area contributed by atoms with Gasteiger partial charge in [0.2, 0.25) is 11.6 Å². The Labute approximate surface area is 231 Å². The first-order chi connectivity index (χ1) is 18.2. The van der Waals surface area contributed by atoms with Gasteiger partial charge in [0.05, 0.1) is 11.1 Å². The lowest BCUT2D eigenvalue weighted by Crippen LogP contribution is -2.67. The molecule has 3 atom stereocenters. The van der Waals surface area contributed by atoms with Gasteiger partial charge in [-0.25, -0.2) is 0 Å². The van der Waals surface area contributed by atoms with Crippen molar-refractivity contribution in [3.63, 3.8) is 0 Å². The van der Waals surface area contributed by atoms with E-state index in [1.807, 2.05) is 6.92 Å². The smallest absolute Gasteiger partial charge is 0.206 e. The number of Topliss-reactive ketones (excluding diaryl/α,β-unsaturated/α-hetero) is 3. The molecule has 5 rings (SSSR count). The summed E-state index contributed by atoms with van der Waals surface area (Å²) in [5.74, 6) is -1.79. The second-order valence-electron chi connectivity index (χ2n) is 13.6. The number of ketones is 3. The van der Waals surface area contributed by atoms with Gasteiger partial charge in [0.15, 0.2) is 11.4 Å². The molecule has 4 aliphatic rings. The summed E-state index contributed by atoms with van der Waals surface area (Å²) < 4.78 is 0. The molecule has 1 aromatic rings. The van der Waals surface area contributed by atoms with Gasteiger partial charge >= 0.3 is 0 Å². The first-order valence-electron chi connectivity index (χ1n) is 14.5. The maximum atomic E-state index is 14.2. The minimum Gasteiger partial charge on any atom is -0.507 e. The highest BCUT2D eigenvalue weighted by molar-refractivity contribution is 6.33. The molecule has 1 aromatic carbocycles. The summed E-state index contributed by atoms with van der Waals surface area (Å²) in [6.45, 7) is 10.8. The van der Waals surface area contributed by atoms with Crippen LogP contribution in [0.25, 0.3) is 5.76 Å². The molecule has 0 amide bonds. The molecular formula is C33H42O6. The number of rotatable bonds is 5. The standard InChI is InChI=1S/C33H42O6/c1-17(2)22-13-21(12-11-20-9-7-8-10-20)27(35)25-23(22)15-31(5)16-32(6)14-18(3)24(19(4)34)29(37)33(32,39)30(38)26(31)28(25)36/h13,17,20,35-36,39H,7-12,14-16H2,1-6H3/t31-,32+,33+/m1/s1. The van der Waals surface area contributed by atoms with E-state index in [4.69, 9.17) is 0 Å². The second kappa shape index (κ2) is 9.15. The molecule has 6 nitrogen and oxygen atoms in total. The van der Waals surface area contributed by atoms with Crippen LogP contribution in [0.1, 0.15) is 115 Å². The average molecular weight is 535 g/mol. The van der Waals surface area contributed by atoms with Crippen LogP contribution in [0.4, 0.5) is 0 Å². The summed E-state index contributed by atoms with van der Waals surface area (Å²) in [7, 11) is 0. The van der Waals surface area contributed by atoms with Gasteiger partial charge in [-0.3, -0.25) is 14.4 Å². The van der Waals surface area contributed by atoms with Crippen LogP contribution in [0.5, 0.6) is 5.75 Å². The van der Waals surface area contributed by atoms with Crippen LogP contribution in [-0.4, -0.2) is 38.3 Å². The Morgan fingerprint density at radius 3 is 2.31 bits per heavy atom. The monoisotopic (exact) mass is 534 g/mol. The molecule has 0 unspecified atom stereocenters. The van der Waals surface area contributed by atoms with Crippen molar-refractivity contribution < 1.29 is 29.7 Å². The molecule has 0 aromatic heterocycles. The van der Waals surface area contributed by atoms with E-state index in [2.05, 4.69) is 19.9 Å². The Kier molecular flexibility index (Phi) is 6.53. The number of aromatic hydroxyl groups is 1. The Hall–Kier alpha value is -2.73. The van der Waals surface area contributed by atoms with Crippen molar-refractivity contribution in [1.29, 1.82) is 0 Å². The van der Waals surface area contributed by atoms with E-state index >= 15 is 0 Å². The molecule has 0 aliphatic heterocycles. The Morgan fingerprint density at radius 2 is 1.72 bits per heavy atom. The fourth-order valence-corrected chi connectivity index (χ4v) is 8.54. The van der Waals surface area contributed by atoms with Gasteiger partial charge in [0, 0.05) is 16.4 Å². The SMILES string of the molecule is CC(=O)C1=C(C)C[C@@]2(C)C[C@@]3(C)Cc4c(C(C)C)cc(CCC5CCCC5)c(O)c4C(O)=C3C(=O)[C@@]2(O)C1=O. The summed E-state index contributed by atoms with van der Waals surface area (Å²) in [6.07, 6.45) is 7.44. The molecule has 3 N–H and O–H groups in total. The quantitative estimate of drug-likeness (QED) is 0.313. The molecule has 0 heterocycles. The highest BCUT2D eigenvalue weighted by Gasteiger charge is 2.69. The highest BCUT2D eigenvalue weighted by Crippen LogP contribution is 2.62. The molecule has 2 fully saturated rings. The number of hydrogen-bond donors (Lipinski definition) is 3. The van der Waals surface area contributed by atoms with Crippen molar-refractivity contribution in [3.05, 3.63) is 45.0 Å². The minimum atomic E-state index is -2.45. The first-order valence-corrected chi connectivity index (χ1v) is 14.5.